The molecule has 102 valence electrons. The third kappa shape index (κ3) is 5.96. The molecule has 0 bridgehead atoms. The highest BCUT2D eigenvalue weighted by Gasteiger charge is 2.09. The highest BCUT2D eigenvalue weighted by molar-refractivity contribution is 5.35. The minimum absolute atomic E-state index is 0.308. The lowest BCUT2D eigenvalue weighted by atomic mass is 9.93. The van der Waals surface area contributed by atoms with Gasteiger partial charge in [0, 0.05) is 24.9 Å². The van der Waals surface area contributed by atoms with Gasteiger partial charge in [-0.2, -0.15) is 0 Å². The van der Waals surface area contributed by atoms with Gasteiger partial charge in [0.05, 0.1) is 0 Å². The van der Waals surface area contributed by atoms with Gasteiger partial charge >= 0.3 is 0 Å². The summed E-state index contributed by atoms with van der Waals surface area (Å²) in [5.74, 6) is 1.62. The van der Waals surface area contributed by atoms with Crippen molar-refractivity contribution in [2.45, 2.75) is 47.6 Å². The van der Waals surface area contributed by atoms with E-state index in [0.29, 0.717) is 12.0 Å². The summed E-state index contributed by atoms with van der Waals surface area (Å²) in [7, 11) is 0. The molecule has 1 heterocycles. The Morgan fingerprint density at radius 2 is 2.00 bits per heavy atom. The third-order valence-electron chi connectivity index (χ3n) is 2.49. The summed E-state index contributed by atoms with van der Waals surface area (Å²) in [6.45, 7) is 12.8. The van der Waals surface area contributed by atoms with E-state index in [1.54, 1.807) is 0 Å². The van der Waals surface area contributed by atoms with Crippen molar-refractivity contribution in [3.05, 3.63) is 17.6 Å². The van der Waals surface area contributed by atoms with E-state index in [4.69, 9.17) is 4.74 Å². The predicted molar refractivity (Wildman–Crippen MR) is 74.7 cm³/mol. The Labute approximate surface area is 110 Å². The summed E-state index contributed by atoms with van der Waals surface area (Å²) in [6, 6.07) is 1.95. The van der Waals surface area contributed by atoms with Gasteiger partial charge < -0.3 is 10.1 Å². The van der Waals surface area contributed by atoms with Crippen LogP contribution in [0.3, 0.4) is 0 Å². The second-order valence-corrected chi connectivity index (χ2v) is 5.70. The second kappa shape index (κ2) is 6.69. The fourth-order valence-corrected chi connectivity index (χ4v) is 1.51. The lowest BCUT2D eigenvalue weighted by Gasteiger charge is -2.17. The van der Waals surface area contributed by atoms with Gasteiger partial charge in [-0.05, 0) is 25.7 Å². The monoisotopic (exact) mass is 251 g/mol. The van der Waals surface area contributed by atoms with Crippen molar-refractivity contribution < 1.29 is 4.74 Å². The maximum Gasteiger partial charge on any atom is 0.156 e. The molecule has 4 nitrogen and oxygen atoms in total. The van der Waals surface area contributed by atoms with E-state index in [1.807, 2.05) is 13.0 Å². The van der Waals surface area contributed by atoms with Gasteiger partial charge in [0.2, 0.25) is 0 Å². The smallest absolute Gasteiger partial charge is 0.156 e. The Morgan fingerprint density at radius 1 is 1.28 bits per heavy atom. The molecule has 0 unspecified atom stereocenters. The van der Waals surface area contributed by atoms with Crippen molar-refractivity contribution in [2.75, 3.05) is 18.5 Å². The summed E-state index contributed by atoms with van der Waals surface area (Å²) < 4.78 is 5.63. The molecule has 0 spiro atoms. The van der Waals surface area contributed by atoms with Crippen LogP contribution in [0.2, 0.25) is 0 Å². The van der Waals surface area contributed by atoms with Crippen LogP contribution in [0.1, 0.15) is 45.6 Å². The quantitative estimate of drug-likeness (QED) is 0.789. The first-order valence-electron chi connectivity index (χ1n) is 6.57. The number of hydrogen-bond acceptors (Lipinski definition) is 4. The van der Waals surface area contributed by atoms with Crippen LogP contribution in [0.5, 0.6) is 0 Å². The summed E-state index contributed by atoms with van der Waals surface area (Å²) in [5, 5.41) is 3.20. The lowest BCUT2D eigenvalue weighted by molar-refractivity contribution is 0.0917. The van der Waals surface area contributed by atoms with Gasteiger partial charge in [0.1, 0.15) is 12.4 Å². The van der Waals surface area contributed by atoms with Crippen LogP contribution < -0.4 is 5.32 Å². The zero-order valence-corrected chi connectivity index (χ0v) is 12.2. The van der Waals surface area contributed by atoms with Crippen molar-refractivity contribution in [3.8, 4) is 0 Å². The molecule has 0 saturated heterocycles. The summed E-state index contributed by atoms with van der Waals surface area (Å²) in [4.78, 5) is 8.78. The van der Waals surface area contributed by atoms with Crippen LogP contribution >= 0.6 is 0 Å². The molecular weight excluding hydrogens is 226 g/mol. The molecule has 1 N–H and O–H groups in total. The minimum Gasteiger partial charge on any atom is -0.373 e. The molecular formula is C14H25N3O. The van der Waals surface area contributed by atoms with Gasteiger partial charge in [-0.3, -0.25) is 0 Å². The SMILES string of the molecule is CCNc1cc(C)nc(COCCC(C)(C)C)n1. The molecule has 1 aromatic heterocycles. The van der Waals surface area contributed by atoms with Crippen molar-refractivity contribution in [1.29, 1.82) is 0 Å². The summed E-state index contributed by atoms with van der Waals surface area (Å²) in [6.07, 6.45) is 1.04. The Kier molecular flexibility index (Phi) is 5.54. The first kappa shape index (κ1) is 14.9. The van der Waals surface area contributed by atoms with Gasteiger partial charge in [0.15, 0.2) is 5.82 Å². The largest absolute Gasteiger partial charge is 0.373 e. The molecule has 0 amide bonds. The molecule has 1 rings (SSSR count). The zero-order valence-electron chi connectivity index (χ0n) is 12.2. The highest BCUT2D eigenvalue weighted by atomic mass is 16.5. The Hall–Kier alpha value is -1.16. The summed E-state index contributed by atoms with van der Waals surface area (Å²) >= 11 is 0. The van der Waals surface area contributed by atoms with E-state index >= 15 is 0 Å². The van der Waals surface area contributed by atoms with Crippen LogP contribution in [0.15, 0.2) is 6.07 Å². The fraction of sp³-hybridized carbons (Fsp3) is 0.714. The molecule has 0 aliphatic carbocycles. The van der Waals surface area contributed by atoms with Gasteiger partial charge in [-0.25, -0.2) is 9.97 Å². The van der Waals surface area contributed by atoms with Crippen molar-refractivity contribution in [3.63, 3.8) is 0 Å². The number of aryl methyl sites for hydroxylation is 1. The minimum atomic E-state index is 0.308. The number of aromatic nitrogens is 2. The average molecular weight is 251 g/mol. The number of nitrogens with zero attached hydrogens (tertiary/aromatic N) is 2. The number of anilines is 1. The van der Waals surface area contributed by atoms with E-state index < -0.39 is 0 Å². The predicted octanol–water partition coefficient (Wildman–Crippen LogP) is 3.17. The van der Waals surface area contributed by atoms with E-state index in [2.05, 4.69) is 43.0 Å². The first-order chi connectivity index (χ1) is 8.40. The third-order valence-corrected chi connectivity index (χ3v) is 2.49. The van der Waals surface area contributed by atoms with Crippen molar-refractivity contribution >= 4 is 5.82 Å². The van der Waals surface area contributed by atoms with Crippen LogP contribution in [-0.4, -0.2) is 23.1 Å². The molecule has 0 aliphatic rings. The van der Waals surface area contributed by atoms with Crippen molar-refractivity contribution in [2.24, 2.45) is 5.41 Å². The molecule has 0 aliphatic heterocycles. The molecule has 1 aromatic rings. The number of ether oxygens (including phenoxy) is 1. The molecule has 0 atom stereocenters. The molecule has 0 radical (unpaired) electrons. The Bertz CT molecular complexity index is 372. The van der Waals surface area contributed by atoms with Crippen molar-refractivity contribution in [1.82, 2.24) is 9.97 Å². The van der Waals surface area contributed by atoms with Gasteiger partial charge in [-0.15, -0.1) is 0 Å². The number of hydrogen-bond donors (Lipinski definition) is 1. The summed E-state index contributed by atoms with van der Waals surface area (Å²) in [5.41, 5.74) is 1.28. The second-order valence-electron chi connectivity index (χ2n) is 5.70. The Morgan fingerprint density at radius 3 is 2.61 bits per heavy atom. The van der Waals surface area contributed by atoms with Crippen LogP contribution in [0, 0.1) is 12.3 Å². The Balaban J connectivity index is 2.46. The molecule has 4 heteroatoms. The van der Waals surface area contributed by atoms with E-state index in [0.717, 1.165) is 36.9 Å². The highest BCUT2D eigenvalue weighted by Crippen LogP contribution is 2.18. The standard InChI is InChI=1S/C14H25N3O/c1-6-15-12-9-11(2)16-13(17-12)10-18-8-7-14(3,4)5/h9H,6-8,10H2,1-5H3,(H,15,16,17). The van der Waals surface area contributed by atoms with E-state index in [-0.39, 0.29) is 0 Å². The first-order valence-corrected chi connectivity index (χ1v) is 6.57. The van der Waals surface area contributed by atoms with E-state index in [9.17, 15) is 0 Å². The average Bonchev–Trinajstić information content (AvgIpc) is 2.23. The number of rotatable bonds is 6. The normalized spacial score (nSPS) is 11.6. The fourth-order valence-electron chi connectivity index (χ4n) is 1.51. The van der Waals surface area contributed by atoms with E-state index in [1.165, 1.54) is 0 Å². The molecule has 0 fully saturated rings. The topological polar surface area (TPSA) is 47.0 Å². The number of nitrogens with one attached hydrogen (secondary N) is 1. The maximum atomic E-state index is 5.63. The zero-order chi connectivity index (χ0) is 13.6. The molecule has 18 heavy (non-hydrogen) atoms. The van der Waals surface area contributed by atoms with Crippen LogP contribution in [0.4, 0.5) is 5.82 Å². The lowest BCUT2D eigenvalue weighted by Crippen LogP contribution is -2.11. The molecule has 0 saturated carbocycles. The molecule has 0 aromatic carbocycles. The maximum absolute atomic E-state index is 5.63. The van der Waals surface area contributed by atoms with Gasteiger partial charge in [0.25, 0.3) is 0 Å². The van der Waals surface area contributed by atoms with Crippen LogP contribution in [0.25, 0.3) is 0 Å². The van der Waals surface area contributed by atoms with Gasteiger partial charge in [-0.1, -0.05) is 20.8 Å². The van der Waals surface area contributed by atoms with Crippen LogP contribution in [-0.2, 0) is 11.3 Å².